The lowest BCUT2D eigenvalue weighted by molar-refractivity contribution is -0.103. The van der Waals surface area contributed by atoms with E-state index in [-0.39, 0.29) is 59.0 Å². The average molecular weight is 813 g/mol. The molecule has 2 unspecified atom stereocenters. The number of aromatic carboxylic acids is 2. The number of hydrogen-bond donors (Lipinski definition) is 6. The molecule has 0 radical (unpaired) electrons. The van der Waals surface area contributed by atoms with Crippen molar-refractivity contribution < 1.29 is 49.7 Å². The van der Waals surface area contributed by atoms with E-state index in [4.69, 9.17) is 9.47 Å². The molecule has 2 saturated carbocycles. The van der Waals surface area contributed by atoms with Crippen LogP contribution in [0.3, 0.4) is 0 Å². The Balaban J connectivity index is 1.06. The number of aliphatic hydroxyl groups is 4. The third-order valence-electron chi connectivity index (χ3n) is 16.7. The van der Waals surface area contributed by atoms with Crippen LogP contribution in [0.2, 0.25) is 0 Å². The van der Waals surface area contributed by atoms with E-state index in [1.165, 1.54) is 24.3 Å². The van der Waals surface area contributed by atoms with Gasteiger partial charge in [0.05, 0.1) is 11.1 Å². The van der Waals surface area contributed by atoms with E-state index in [1.807, 2.05) is 12.2 Å². The molecule has 2 saturated heterocycles. The molecule has 6 aliphatic carbocycles. The third kappa shape index (κ3) is 4.32. The number of aliphatic hydroxyl groups excluding tert-OH is 2. The summed E-state index contributed by atoms with van der Waals surface area (Å²) in [5.74, 6) is -1.69. The first-order valence-corrected chi connectivity index (χ1v) is 21.3. The number of carbonyl (C=O) groups is 2. The summed E-state index contributed by atoms with van der Waals surface area (Å²) >= 11 is 0. The quantitative estimate of drug-likeness (QED) is 0.235. The number of hydrogen-bond acceptors (Lipinski definition) is 10. The van der Waals surface area contributed by atoms with Gasteiger partial charge >= 0.3 is 11.9 Å². The summed E-state index contributed by atoms with van der Waals surface area (Å²) in [7, 11) is 4.25. The molecule has 6 N–H and O–H groups in total. The molecule has 12 heteroatoms. The molecule has 10 aliphatic rings. The van der Waals surface area contributed by atoms with Gasteiger partial charge < -0.3 is 49.9 Å². The summed E-state index contributed by atoms with van der Waals surface area (Å²) in [5, 5.41) is 70.6. The number of carboxylic acid groups (broad SMARTS) is 2. The first-order valence-electron chi connectivity index (χ1n) is 21.3. The molecule has 0 amide bonds. The number of carboxylic acids is 2. The minimum atomic E-state index is -1.90. The maximum atomic E-state index is 13.4. The van der Waals surface area contributed by atoms with Crippen LogP contribution in [-0.2, 0) is 20.7 Å². The smallest absolute Gasteiger partial charge is 0.335 e. The summed E-state index contributed by atoms with van der Waals surface area (Å²) in [4.78, 5) is 30.2. The van der Waals surface area contributed by atoms with Crippen LogP contribution < -0.4 is 0 Å². The van der Waals surface area contributed by atoms with Crippen molar-refractivity contribution in [1.82, 2.24) is 9.80 Å². The van der Waals surface area contributed by atoms with Crippen molar-refractivity contribution in [1.29, 1.82) is 0 Å². The van der Waals surface area contributed by atoms with E-state index in [1.54, 1.807) is 24.3 Å². The van der Waals surface area contributed by atoms with Gasteiger partial charge in [-0.1, -0.05) is 48.6 Å². The minimum Gasteiger partial charge on any atom is -0.487 e. The van der Waals surface area contributed by atoms with Gasteiger partial charge in [0, 0.05) is 69.9 Å². The van der Waals surface area contributed by atoms with Crippen LogP contribution in [0.1, 0.15) is 70.4 Å². The number of ether oxygens (including phenoxy) is 2. The second-order valence-corrected chi connectivity index (χ2v) is 19.1. The number of benzene rings is 2. The fourth-order valence-corrected chi connectivity index (χ4v) is 14.0. The van der Waals surface area contributed by atoms with Crippen LogP contribution in [0, 0.1) is 22.7 Å². The molecule has 0 aromatic heterocycles. The van der Waals surface area contributed by atoms with E-state index in [9.17, 15) is 40.2 Å². The van der Waals surface area contributed by atoms with Crippen molar-refractivity contribution in [3.8, 4) is 11.1 Å². The molecule has 2 aromatic rings. The monoisotopic (exact) mass is 812 g/mol. The van der Waals surface area contributed by atoms with Crippen LogP contribution in [-0.4, -0.2) is 116 Å². The molecule has 12 rings (SSSR count). The van der Waals surface area contributed by atoms with Crippen LogP contribution in [0.15, 0.2) is 107 Å². The highest BCUT2D eigenvalue weighted by molar-refractivity contribution is 5.92. The van der Waals surface area contributed by atoms with Crippen LogP contribution in [0.5, 0.6) is 0 Å². The summed E-state index contributed by atoms with van der Waals surface area (Å²) in [6.07, 6.45) is 11.8. The molecule has 2 aromatic carbocycles. The lowest BCUT2D eigenvalue weighted by atomic mass is 9.50. The Kier molecular flexibility index (Phi) is 7.37. The molecular formula is C48H48N2O10. The second-order valence-electron chi connectivity index (χ2n) is 19.1. The van der Waals surface area contributed by atoms with Crippen LogP contribution in [0.25, 0.3) is 11.1 Å². The molecule has 60 heavy (non-hydrogen) atoms. The van der Waals surface area contributed by atoms with Crippen molar-refractivity contribution in [2.75, 3.05) is 27.2 Å². The zero-order valence-electron chi connectivity index (χ0n) is 33.4. The van der Waals surface area contributed by atoms with Gasteiger partial charge in [0.2, 0.25) is 0 Å². The Bertz CT molecular complexity index is 2380. The highest BCUT2D eigenvalue weighted by Gasteiger charge is 2.69. The first kappa shape index (κ1) is 37.0. The molecule has 2 spiro atoms. The Morgan fingerprint density at radius 1 is 0.650 bits per heavy atom. The topological polar surface area (TPSA) is 180 Å². The zero-order chi connectivity index (χ0) is 41.4. The predicted molar refractivity (Wildman–Crippen MR) is 216 cm³/mol. The second kappa shape index (κ2) is 12.0. The van der Waals surface area contributed by atoms with Crippen molar-refractivity contribution in [3.05, 3.63) is 129 Å². The highest BCUT2D eigenvalue weighted by atomic mass is 16.5. The predicted octanol–water partition coefficient (Wildman–Crippen LogP) is 4.37. The summed E-state index contributed by atoms with van der Waals surface area (Å²) in [6, 6.07) is 9.46. The van der Waals surface area contributed by atoms with Crippen LogP contribution >= 0.6 is 0 Å². The van der Waals surface area contributed by atoms with Crippen molar-refractivity contribution in [2.24, 2.45) is 22.7 Å². The van der Waals surface area contributed by atoms with Gasteiger partial charge in [-0.2, -0.15) is 0 Å². The van der Waals surface area contributed by atoms with Gasteiger partial charge in [0.1, 0.15) is 35.9 Å². The number of likely N-dealkylation sites (tertiary alicyclic amines) is 2. The zero-order valence-corrected chi connectivity index (χ0v) is 33.4. The van der Waals surface area contributed by atoms with E-state index in [0.717, 1.165) is 48.2 Å². The standard InChI is InChI=1S/C48H48N2O10/c1-49-17-15-45-29-7-9-35(51)39(45)59-41-37(45)23(21-33(29)49)11-13-47(41,57)31-19-25(43(53)54)3-5-27(31)28-6-4-26(44(55)56)20-32(28)48(58)14-12-24-22-34-30-8-10-36(52)40-46(30,16-18-50(34)2)38(24)42(48)60-40/h3-12,19-20,29-30,33-36,39-40,51-52,57-58H,13-18,21-22H2,1-2H3,(H,53,54)(H,55,56)/t29-,30-,33+,34+,35-,36-,39-,40-,45-,46-,47?,48?/m0/s1. The van der Waals surface area contributed by atoms with E-state index in [2.05, 4.69) is 36.0 Å². The van der Waals surface area contributed by atoms with E-state index >= 15 is 0 Å². The van der Waals surface area contributed by atoms with Gasteiger partial charge in [-0.15, -0.1) is 0 Å². The van der Waals surface area contributed by atoms with Crippen LogP contribution in [0.4, 0.5) is 0 Å². The Hall–Kier alpha value is -4.82. The van der Waals surface area contributed by atoms with Crippen molar-refractivity contribution in [3.63, 3.8) is 0 Å². The largest absolute Gasteiger partial charge is 0.487 e. The molecule has 4 fully saturated rings. The minimum absolute atomic E-state index is 0.0344. The fraction of sp³-hybridized carbons (Fsp3) is 0.458. The highest BCUT2D eigenvalue weighted by Crippen LogP contribution is 2.69. The molecule has 4 bridgehead atoms. The Morgan fingerprint density at radius 2 is 1.07 bits per heavy atom. The van der Waals surface area contributed by atoms with Gasteiger partial charge in [0.15, 0.2) is 11.2 Å². The van der Waals surface area contributed by atoms with Gasteiger partial charge in [-0.05, 0) is 99.4 Å². The lowest BCUT2D eigenvalue weighted by Crippen LogP contribution is -2.62. The number of rotatable bonds is 5. The molecule has 4 heterocycles. The SMILES string of the molecule is CN1CC[C@]23C4=C5O[C@H]2[C@@H](O)C=C[C@H]3[C@H]1CC4=CCC5(O)c1cc(C(=O)O)ccc1-c1ccc(C(=O)O)cc1C1(O)CC=C2C[C@@H]3[C@@H]4C=C[C@H](O)[C@@H]5OC1=C2[C@]45CCN3C. The third-order valence-corrected chi connectivity index (χ3v) is 16.7. The van der Waals surface area contributed by atoms with Gasteiger partial charge in [-0.3, -0.25) is 0 Å². The van der Waals surface area contributed by atoms with E-state index in [0.29, 0.717) is 35.5 Å². The molecule has 310 valence electrons. The molecule has 4 aliphatic heterocycles. The summed E-state index contributed by atoms with van der Waals surface area (Å²) in [6.45, 7) is 1.57. The lowest BCUT2D eigenvalue weighted by Gasteiger charge is -2.58. The van der Waals surface area contributed by atoms with Crippen molar-refractivity contribution in [2.45, 2.75) is 86.2 Å². The van der Waals surface area contributed by atoms with Crippen molar-refractivity contribution >= 4 is 11.9 Å². The maximum absolute atomic E-state index is 13.4. The first-order chi connectivity index (χ1) is 28.7. The molecule has 12 nitrogen and oxygen atoms in total. The Morgan fingerprint density at radius 3 is 1.47 bits per heavy atom. The van der Waals surface area contributed by atoms with E-state index < -0.39 is 58.4 Å². The van der Waals surface area contributed by atoms with Gasteiger partial charge in [0.25, 0.3) is 0 Å². The average Bonchev–Trinajstić information content (AvgIpc) is 3.79. The number of piperidine rings is 2. The Labute approximate surface area is 346 Å². The molecule has 12 atom stereocenters. The van der Waals surface area contributed by atoms with Gasteiger partial charge in [-0.25, -0.2) is 9.59 Å². The number of nitrogens with zero attached hydrogens (tertiary/aromatic N) is 2. The fourth-order valence-electron chi connectivity index (χ4n) is 14.0. The maximum Gasteiger partial charge on any atom is 0.335 e. The summed E-state index contributed by atoms with van der Waals surface area (Å²) in [5.41, 5.74) is 0.0724. The summed E-state index contributed by atoms with van der Waals surface area (Å²) < 4.78 is 13.7. The normalized spacial score (nSPS) is 41.6. The molecular weight excluding hydrogens is 765 g/mol.